The maximum atomic E-state index is 12.7. The average molecular weight is 446 g/mol. The highest BCUT2D eigenvalue weighted by Gasteiger charge is 2.22. The molecule has 0 saturated heterocycles. The Kier molecular flexibility index (Phi) is 7.93. The molecule has 166 valence electrons. The Morgan fingerprint density at radius 3 is 2.32 bits per heavy atom. The Morgan fingerprint density at radius 1 is 1.03 bits per heavy atom. The number of hydrogen-bond acceptors (Lipinski definition) is 5. The number of carbonyl (C=O) groups is 3. The maximum absolute atomic E-state index is 12.7. The third-order valence-corrected chi connectivity index (χ3v) is 5.49. The average Bonchev–Trinajstić information content (AvgIpc) is 2.69. The van der Waals surface area contributed by atoms with Gasteiger partial charge in [-0.15, -0.1) is 0 Å². The zero-order valence-corrected chi connectivity index (χ0v) is 18.8. The molecule has 0 aliphatic rings. The Labute approximate surface area is 182 Å². The number of hydrogen-bond donors (Lipinski definition) is 2. The summed E-state index contributed by atoms with van der Waals surface area (Å²) in [5, 5.41) is 5.41. The van der Waals surface area contributed by atoms with Gasteiger partial charge in [0.15, 0.2) is 5.78 Å². The summed E-state index contributed by atoms with van der Waals surface area (Å²) in [6, 6.07) is 12.5. The van der Waals surface area contributed by atoms with E-state index in [0.29, 0.717) is 12.1 Å². The fraction of sp³-hybridized carbons (Fsp3) is 0.318. The summed E-state index contributed by atoms with van der Waals surface area (Å²) >= 11 is 0. The molecule has 0 aromatic heterocycles. The molecule has 2 rings (SSSR count). The number of para-hydroxylation sites is 1. The van der Waals surface area contributed by atoms with Crippen molar-refractivity contribution in [1.82, 2.24) is 5.32 Å². The van der Waals surface area contributed by atoms with E-state index in [0.717, 1.165) is 10.6 Å². The molecule has 0 aliphatic carbocycles. The molecule has 0 spiro atoms. The van der Waals surface area contributed by atoms with Crippen LogP contribution in [-0.2, 0) is 14.8 Å². The van der Waals surface area contributed by atoms with Gasteiger partial charge in [-0.3, -0.25) is 18.7 Å². The minimum absolute atomic E-state index is 0.202. The summed E-state index contributed by atoms with van der Waals surface area (Å²) in [5.74, 6) is -0.914. The van der Waals surface area contributed by atoms with Gasteiger partial charge in [-0.2, -0.15) is 0 Å². The van der Waals surface area contributed by atoms with Crippen LogP contribution < -0.4 is 14.9 Å². The number of Topliss-reactive ketones (excluding diaryl/α,β-unsaturated/α-hetero) is 1. The monoisotopic (exact) mass is 445 g/mol. The second kappa shape index (κ2) is 10.2. The van der Waals surface area contributed by atoms with Crippen LogP contribution in [0.1, 0.15) is 41.5 Å². The van der Waals surface area contributed by atoms with E-state index in [-0.39, 0.29) is 34.5 Å². The quantitative estimate of drug-likeness (QED) is 0.576. The molecule has 9 heteroatoms. The minimum Gasteiger partial charge on any atom is -0.352 e. The van der Waals surface area contributed by atoms with Crippen LogP contribution in [-0.4, -0.2) is 45.4 Å². The highest BCUT2D eigenvalue weighted by molar-refractivity contribution is 7.92. The van der Waals surface area contributed by atoms with E-state index in [2.05, 4.69) is 10.6 Å². The largest absolute Gasteiger partial charge is 0.352 e. The van der Waals surface area contributed by atoms with Crippen molar-refractivity contribution in [3.05, 3.63) is 59.7 Å². The van der Waals surface area contributed by atoms with E-state index in [9.17, 15) is 22.8 Å². The van der Waals surface area contributed by atoms with Crippen molar-refractivity contribution in [1.29, 1.82) is 0 Å². The summed E-state index contributed by atoms with van der Waals surface area (Å²) in [6.07, 6.45) is 0.980. The molecule has 2 N–H and O–H groups in total. The lowest BCUT2D eigenvalue weighted by molar-refractivity contribution is -0.114. The Bertz CT molecular complexity index is 1080. The normalized spacial score (nSPS) is 11.1. The first kappa shape index (κ1) is 24.1. The number of benzene rings is 2. The van der Waals surface area contributed by atoms with Gasteiger partial charge in [0.05, 0.1) is 23.2 Å². The standard InChI is InChI=1S/C22H27N3O5S/c1-15(2)13-23-22(28)19-10-5-6-11-20(19)24-21(27)14-25(31(4,29)30)18-9-7-8-17(12-18)16(3)26/h5-12,15H,13-14H2,1-4H3,(H,23,28)(H,24,27). The van der Waals surface area contributed by atoms with Gasteiger partial charge in [-0.25, -0.2) is 8.42 Å². The van der Waals surface area contributed by atoms with Crippen LogP contribution in [0.3, 0.4) is 0 Å². The number of sulfonamides is 1. The Hall–Kier alpha value is -3.20. The minimum atomic E-state index is -3.81. The molecule has 2 aromatic rings. The third-order valence-electron chi connectivity index (χ3n) is 4.34. The molecule has 0 fully saturated rings. The molecule has 2 aromatic carbocycles. The molecule has 2 amide bonds. The van der Waals surface area contributed by atoms with Gasteiger partial charge in [0.1, 0.15) is 6.54 Å². The van der Waals surface area contributed by atoms with E-state index >= 15 is 0 Å². The second-order valence-corrected chi connectivity index (χ2v) is 9.48. The number of amides is 2. The fourth-order valence-electron chi connectivity index (χ4n) is 2.78. The summed E-state index contributed by atoms with van der Waals surface area (Å²) < 4.78 is 25.6. The molecule has 0 unspecified atom stereocenters. The molecule has 31 heavy (non-hydrogen) atoms. The fourth-order valence-corrected chi connectivity index (χ4v) is 3.63. The highest BCUT2D eigenvalue weighted by Crippen LogP contribution is 2.20. The number of carbonyl (C=O) groups excluding carboxylic acids is 3. The number of nitrogens with one attached hydrogen (secondary N) is 2. The van der Waals surface area contributed by atoms with Gasteiger partial charge in [-0.05, 0) is 37.1 Å². The van der Waals surface area contributed by atoms with Crippen LogP contribution in [0.5, 0.6) is 0 Å². The van der Waals surface area contributed by atoms with Crippen molar-refractivity contribution in [2.45, 2.75) is 20.8 Å². The van der Waals surface area contributed by atoms with Crippen molar-refractivity contribution < 1.29 is 22.8 Å². The first-order valence-electron chi connectivity index (χ1n) is 9.75. The third kappa shape index (κ3) is 6.92. The molecule has 0 atom stereocenters. The lowest BCUT2D eigenvalue weighted by atomic mass is 10.1. The lowest BCUT2D eigenvalue weighted by Crippen LogP contribution is -2.38. The number of ketones is 1. The SMILES string of the molecule is CC(=O)c1cccc(N(CC(=O)Nc2ccccc2C(=O)NCC(C)C)S(C)(=O)=O)c1. The number of anilines is 2. The molecule has 0 heterocycles. The van der Waals surface area contributed by atoms with Crippen LogP contribution in [0.2, 0.25) is 0 Å². The van der Waals surface area contributed by atoms with Crippen LogP contribution in [0.25, 0.3) is 0 Å². The maximum Gasteiger partial charge on any atom is 0.253 e. The van der Waals surface area contributed by atoms with Crippen LogP contribution in [0, 0.1) is 5.92 Å². The zero-order valence-electron chi connectivity index (χ0n) is 18.0. The predicted octanol–water partition coefficient (Wildman–Crippen LogP) is 2.68. The molecule has 0 saturated carbocycles. The first-order valence-corrected chi connectivity index (χ1v) is 11.6. The summed E-state index contributed by atoms with van der Waals surface area (Å²) in [5.41, 5.74) is 1.09. The Morgan fingerprint density at radius 2 is 1.71 bits per heavy atom. The summed E-state index contributed by atoms with van der Waals surface area (Å²) in [6.45, 7) is 5.28. The van der Waals surface area contributed by atoms with Crippen molar-refractivity contribution in [3.63, 3.8) is 0 Å². The van der Waals surface area contributed by atoms with Crippen LogP contribution >= 0.6 is 0 Å². The van der Waals surface area contributed by atoms with E-state index in [1.807, 2.05) is 13.8 Å². The van der Waals surface area contributed by atoms with Gasteiger partial charge in [-0.1, -0.05) is 38.1 Å². The molecular formula is C22H27N3O5S. The molecule has 0 aliphatic heterocycles. The summed E-state index contributed by atoms with van der Waals surface area (Å²) in [7, 11) is -3.81. The summed E-state index contributed by atoms with van der Waals surface area (Å²) in [4.78, 5) is 36.8. The molecule has 8 nitrogen and oxygen atoms in total. The van der Waals surface area contributed by atoms with Gasteiger partial charge in [0, 0.05) is 12.1 Å². The van der Waals surface area contributed by atoms with E-state index in [1.165, 1.54) is 19.1 Å². The zero-order chi connectivity index (χ0) is 23.2. The van der Waals surface area contributed by atoms with Crippen molar-refractivity contribution in [3.8, 4) is 0 Å². The highest BCUT2D eigenvalue weighted by atomic mass is 32.2. The van der Waals surface area contributed by atoms with E-state index in [4.69, 9.17) is 0 Å². The Balaban J connectivity index is 2.24. The number of nitrogens with zero attached hydrogens (tertiary/aromatic N) is 1. The van der Waals surface area contributed by atoms with E-state index in [1.54, 1.807) is 36.4 Å². The van der Waals surface area contributed by atoms with Gasteiger partial charge < -0.3 is 10.6 Å². The van der Waals surface area contributed by atoms with Crippen molar-refractivity contribution in [2.75, 3.05) is 29.0 Å². The smallest absolute Gasteiger partial charge is 0.253 e. The number of rotatable bonds is 9. The lowest BCUT2D eigenvalue weighted by Gasteiger charge is -2.22. The van der Waals surface area contributed by atoms with Gasteiger partial charge in [0.25, 0.3) is 5.91 Å². The van der Waals surface area contributed by atoms with Crippen molar-refractivity contribution in [2.24, 2.45) is 5.92 Å². The van der Waals surface area contributed by atoms with E-state index < -0.39 is 22.5 Å². The van der Waals surface area contributed by atoms with Crippen molar-refractivity contribution >= 4 is 39.0 Å². The second-order valence-electron chi connectivity index (χ2n) is 7.57. The molecule has 0 bridgehead atoms. The molecule has 0 radical (unpaired) electrons. The predicted molar refractivity (Wildman–Crippen MR) is 121 cm³/mol. The topological polar surface area (TPSA) is 113 Å². The van der Waals surface area contributed by atoms with Crippen LogP contribution in [0.15, 0.2) is 48.5 Å². The van der Waals surface area contributed by atoms with Gasteiger partial charge in [0.2, 0.25) is 15.9 Å². The van der Waals surface area contributed by atoms with Gasteiger partial charge >= 0.3 is 0 Å². The first-order chi connectivity index (χ1) is 14.5. The molecular weight excluding hydrogens is 418 g/mol. The van der Waals surface area contributed by atoms with Crippen LogP contribution in [0.4, 0.5) is 11.4 Å².